The zero-order valence-electron chi connectivity index (χ0n) is 15.5. The minimum atomic E-state index is 0. The van der Waals surface area contributed by atoms with Crippen LogP contribution in [0.4, 0.5) is 0 Å². The van der Waals surface area contributed by atoms with E-state index in [0.29, 0.717) is 6.42 Å². The van der Waals surface area contributed by atoms with Crippen molar-refractivity contribution < 1.29 is 365 Å². The van der Waals surface area contributed by atoms with E-state index in [4.69, 9.17) is 0 Å². The third kappa shape index (κ3) is 41.8. The standard InChI is InChI=1S/C14H16O.11Y/c1-3-4-5-6-7-8-9-13-10-12(2)11-14(13)15;;;;;;;;;;;/h4-5,8-9,11H,2-3,6,10H2,1H3;;;;;;;;;;;/q-2;;;;;;;;;;;/b5-4-,13-9+;;;;;;;;;;;. The summed E-state index contributed by atoms with van der Waals surface area (Å²) in [5, 5.41) is 0. The predicted octanol–water partition coefficient (Wildman–Crippen LogP) is 3.33. The molecule has 0 heterocycles. The Kier molecular flexibility index (Phi) is 142. The summed E-state index contributed by atoms with van der Waals surface area (Å²) in [5.74, 6) is 0.0853. The van der Waals surface area contributed by atoms with Gasteiger partial charge in [-0.25, -0.2) is 24.6 Å². The van der Waals surface area contributed by atoms with E-state index >= 15 is 0 Å². The smallest absolute Gasteiger partial charge is 0.0851 e. The van der Waals surface area contributed by atoms with E-state index in [1.54, 1.807) is 6.08 Å². The SMILES string of the molecule is [CH2-]C1=CC(=O)/C(=C/C=[C-]C/C=C\CC)C1.[Y].[Y].[Y].[Y].[Y].[Y].[Y].[Y].[Y].[Y].[Y]. The molecule has 0 saturated carbocycles. The Bertz CT molecular complexity index is 366. The quantitative estimate of drug-likeness (QED) is 0.240. The average Bonchev–Trinajstić information content (AvgIpc) is 2.51. The van der Waals surface area contributed by atoms with Gasteiger partial charge in [0.2, 0.25) is 0 Å². The van der Waals surface area contributed by atoms with Gasteiger partial charge in [-0.05, 0) is 6.42 Å². The van der Waals surface area contributed by atoms with E-state index < -0.39 is 0 Å². The minimum absolute atomic E-state index is 0. The molecule has 0 unspecified atom stereocenters. The molecule has 1 aliphatic carbocycles. The molecule has 113 valence electrons. The van der Waals surface area contributed by atoms with Gasteiger partial charge in [0.05, 0.1) is 5.78 Å². The van der Waals surface area contributed by atoms with Crippen molar-refractivity contribution in [3.05, 3.63) is 54.5 Å². The van der Waals surface area contributed by atoms with Crippen LogP contribution >= 0.6 is 0 Å². The molecule has 0 spiro atoms. The van der Waals surface area contributed by atoms with E-state index in [1.165, 1.54) is 0 Å². The van der Waals surface area contributed by atoms with Crippen molar-refractivity contribution in [1.82, 2.24) is 0 Å². The molecule has 0 amide bonds. The molecule has 26 heavy (non-hydrogen) atoms. The third-order valence-electron chi connectivity index (χ3n) is 2.11. The first-order valence-corrected chi connectivity index (χ1v) is 5.21. The number of hydrogen-bond donors (Lipinski definition) is 0. The van der Waals surface area contributed by atoms with Crippen LogP contribution in [0.15, 0.2) is 41.5 Å². The molecule has 0 bridgehead atoms. The molecule has 0 aliphatic heterocycles. The van der Waals surface area contributed by atoms with Crippen LogP contribution in [0, 0.1) is 13.0 Å². The van der Waals surface area contributed by atoms with Crippen molar-refractivity contribution in [1.29, 1.82) is 0 Å². The van der Waals surface area contributed by atoms with Crippen molar-refractivity contribution in [2.75, 3.05) is 0 Å². The molecule has 11 radical (unpaired) electrons. The molecule has 0 saturated heterocycles. The fraction of sp³-hybridized carbons (Fsp3) is 0.286. The normalized spacial score (nSPS) is 11.3. The van der Waals surface area contributed by atoms with Crippen molar-refractivity contribution in [2.45, 2.75) is 26.2 Å². The van der Waals surface area contributed by atoms with Gasteiger partial charge < -0.3 is 4.79 Å². The van der Waals surface area contributed by atoms with E-state index in [0.717, 1.165) is 24.0 Å². The Balaban J connectivity index is -0.0000000227. The Morgan fingerprint density at radius 3 is 1.73 bits per heavy atom. The van der Waals surface area contributed by atoms with Crippen LogP contribution in [0.3, 0.4) is 0 Å². The predicted molar refractivity (Wildman–Crippen MR) is 63.0 cm³/mol. The van der Waals surface area contributed by atoms with Gasteiger partial charge in [-0.2, -0.15) is 6.08 Å². The molecule has 12 heteroatoms. The second kappa shape index (κ2) is 52.1. The van der Waals surface area contributed by atoms with Gasteiger partial charge in [0.25, 0.3) is 0 Å². The maximum Gasteiger partial charge on any atom is 0.0851 e. The van der Waals surface area contributed by atoms with Gasteiger partial charge in [-0.3, -0.25) is 6.08 Å². The van der Waals surface area contributed by atoms with Gasteiger partial charge in [0.15, 0.2) is 0 Å². The van der Waals surface area contributed by atoms with Crippen LogP contribution < -0.4 is 0 Å². The van der Waals surface area contributed by atoms with Gasteiger partial charge in [0, 0.05) is 360 Å². The Morgan fingerprint density at radius 1 is 0.923 bits per heavy atom. The molecular weight excluding hydrogens is 1160 g/mol. The Hall–Kier alpha value is 10.6. The van der Waals surface area contributed by atoms with Gasteiger partial charge in [-0.1, -0.05) is 31.4 Å². The van der Waals surface area contributed by atoms with E-state index in [9.17, 15) is 4.79 Å². The van der Waals surface area contributed by atoms with E-state index in [2.05, 4.69) is 32.1 Å². The zero-order valence-corrected chi connectivity index (χ0v) is 46.7. The number of carbonyl (C=O) groups is 1. The van der Waals surface area contributed by atoms with Gasteiger partial charge in [0.1, 0.15) is 0 Å². The molecule has 0 fully saturated rings. The second-order valence-corrected chi connectivity index (χ2v) is 3.49. The Labute approximate surface area is 437 Å². The van der Waals surface area contributed by atoms with Crippen LogP contribution in [0.2, 0.25) is 0 Å². The molecule has 0 aromatic carbocycles. The summed E-state index contributed by atoms with van der Waals surface area (Å²) >= 11 is 0. The number of ketones is 1. The third-order valence-corrected chi connectivity index (χ3v) is 2.11. The molecule has 0 N–H and O–H groups in total. The summed E-state index contributed by atoms with van der Waals surface area (Å²) in [5.41, 5.74) is 1.71. The van der Waals surface area contributed by atoms with Crippen molar-refractivity contribution >= 4 is 5.78 Å². The summed E-state index contributed by atoms with van der Waals surface area (Å²) in [4.78, 5) is 11.3. The van der Waals surface area contributed by atoms with Crippen LogP contribution in [0.1, 0.15) is 26.2 Å². The summed E-state index contributed by atoms with van der Waals surface area (Å²) in [6.07, 6.45) is 15.0. The fourth-order valence-corrected chi connectivity index (χ4v) is 1.35. The van der Waals surface area contributed by atoms with Gasteiger partial charge in [-0.15, -0.1) is 6.08 Å². The number of allylic oxidation sites excluding steroid dienone is 8. The van der Waals surface area contributed by atoms with Crippen molar-refractivity contribution in [3.63, 3.8) is 0 Å². The van der Waals surface area contributed by atoms with E-state index in [-0.39, 0.29) is 366 Å². The van der Waals surface area contributed by atoms with Crippen LogP contribution in [0.25, 0.3) is 0 Å². The molecule has 1 aliphatic rings. The maximum absolute atomic E-state index is 11.3. The summed E-state index contributed by atoms with van der Waals surface area (Å²) in [6, 6.07) is 0. The minimum Gasteiger partial charge on any atom is -0.313 e. The fourth-order valence-electron chi connectivity index (χ4n) is 1.35. The van der Waals surface area contributed by atoms with Crippen molar-refractivity contribution in [2.24, 2.45) is 0 Å². The van der Waals surface area contributed by atoms with Crippen molar-refractivity contribution in [3.8, 4) is 0 Å². The monoisotopic (exact) mass is 1180 g/mol. The van der Waals surface area contributed by atoms with E-state index in [1.807, 2.05) is 12.2 Å². The zero-order chi connectivity index (χ0) is 11.1. The Morgan fingerprint density at radius 2 is 1.38 bits per heavy atom. The first-order valence-electron chi connectivity index (χ1n) is 5.21. The largest absolute Gasteiger partial charge is 0.313 e. The summed E-state index contributed by atoms with van der Waals surface area (Å²) in [6.45, 7) is 5.86. The molecule has 0 aromatic heterocycles. The molecule has 0 atom stereocenters. The summed E-state index contributed by atoms with van der Waals surface area (Å²) in [7, 11) is 0. The first-order chi connectivity index (χ1) is 7.24. The molecular formula is C14H16OY11-2. The number of carbonyl (C=O) groups excluding carboxylic acids is 1. The average molecular weight is 1180 g/mol. The molecule has 1 rings (SSSR count). The maximum atomic E-state index is 11.3. The number of rotatable bonds is 4. The topological polar surface area (TPSA) is 17.1 Å². The second-order valence-electron chi connectivity index (χ2n) is 3.49. The van der Waals surface area contributed by atoms with Crippen LogP contribution in [0.5, 0.6) is 0 Å². The first kappa shape index (κ1) is 70.8. The van der Waals surface area contributed by atoms with Gasteiger partial charge >= 0.3 is 0 Å². The molecule has 0 aromatic rings. The number of hydrogen-bond acceptors (Lipinski definition) is 1. The molecule has 1 nitrogen and oxygen atoms in total. The van der Waals surface area contributed by atoms with Crippen LogP contribution in [-0.2, 0) is 365 Å². The van der Waals surface area contributed by atoms with Crippen LogP contribution in [-0.4, -0.2) is 5.78 Å². The summed E-state index contributed by atoms with van der Waals surface area (Å²) < 4.78 is 0.